The topological polar surface area (TPSA) is 123 Å². The summed E-state index contributed by atoms with van der Waals surface area (Å²) in [6.07, 6.45) is -0.717. The fourth-order valence-electron chi connectivity index (χ4n) is 1.91. The third-order valence-corrected chi connectivity index (χ3v) is 3.33. The minimum Gasteiger partial charge on any atom is -0.445 e. The Morgan fingerprint density at radius 1 is 1.04 bits per heavy atom. The highest BCUT2D eigenvalue weighted by Crippen LogP contribution is 2.03. The molecule has 24 heavy (non-hydrogen) atoms. The lowest BCUT2D eigenvalue weighted by Gasteiger charge is -2.22. The van der Waals surface area contributed by atoms with Gasteiger partial charge in [-0.2, -0.15) is 0 Å². The zero-order valence-corrected chi connectivity index (χ0v) is 14.0. The number of alkyl carbamates (subject to hydrolysis) is 1. The molecule has 5 N–H and O–H groups in total. The van der Waals surface area contributed by atoms with Crippen molar-refractivity contribution in [1.82, 2.24) is 16.1 Å². The van der Waals surface area contributed by atoms with Crippen molar-refractivity contribution in [1.29, 1.82) is 0 Å². The largest absolute Gasteiger partial charge is 0.445 e. The van der Waals surface area contributed by atoms with Gasteiger partial charge in [0.2, 0.25) is 5.91 Å². The lowest BCUT2D eigenvalue weighted by Crippen LogP contribution is -2.55. The van der Waals surface area contributed by atoms with E-state index < -0.39 is 30.0 Å². The summed E-state index contributed by atoms with van der Waals surface area (Å²) in [7, 11) is 0. The van der Waals surface area contributed by atoms with Crippen LogP contribution >= 0.6 is 0 Å². The van der Waals surface area contributed by atoms with Gasteiger partial charge in [-0.1, -0.05) is 44.2 Å². The van der Waals surface area contributed by atoms with Gasteiger partial charge in [0.05, 0.1) is 0 Å². The molecule has 3 amide bonds. The minimum absolute atomic E-state index is 0.102. The van der Waals surface area contributed by atoms with Gasteiger partial charge < -0.3 is 15.4 Å². The van der Waals surface area contributed by atoms with Crippen molar-refractivity contribution >= 4 is 17.9 Å². The second-order valence-electron chi connectivity index (χ2n) is 5.67. The number of hydrazine groups is 1. The maximum Gasteiger partial charge on any atom is 0.408 e. The molecule has 0 aliphatic carbocycles. The van der Waals surface area contributed by atoms with Gasteiger partial charge in [0.25, 0.3) is 5.91 Å². The number of nitrogens with one attached hydrogen (secondary N) is 3. The highest BCUT2D eigenvalue weighted by atomic mass is 16.5. The van der Waals surface area contributed by atoms with Crippen molar-refractivity contribution in [2.75, 3.05) is 0 Å². The van der Waals surface area contributed by atoms with Gasteiger partial charge >= 0.3 is 6.09 Å². The van der Waals surface area contributed by atoms with Gasteiger partial charge in [0, 0.05) is 0 Å². The maximum atomic E-state index is 12.1. The number of ether oxygens (including phenoxy) is 1. The Kier molecular flexibility index (Phi) is 7.70. The summed E-state index contributed by atoms with van der Waals surface area (Å²) in [5, 5.41) is 4.96. The Morgan fingerprint density at radius 3 is 2.21 bits per heavy atom. The van der Waals surface area contributed by atoms with Gasteiger partial charge in [-0.25, -0.2) is 10.6 Å². The molecule has 0 fully saturated rings. The molecule has 0 saturated carbocycles. The van der Waals surface area contributed by atoms with E-state index in [4.69, 9.17) is 10.6 Å². The summed E-state index contributed by atoms with van der Waals surface area (Å²) in [6.45, 7) is 5.14. The van der Waals surface area contributed by atoms with Gasteiger partial charge in [0.15, 0.2) is 0 Å². The molecule has 1 aromatic carbocycles. The SMILES string of the molecule is CC(C)[C@H](NC(=O)[C@H](C)NC(=O)OCc1ccccc1)C(=O)NN. The second kappa shape index (κ2) is 9.51. The maximum absolute atomic E-state index is 12.1. The van der Waals surface area contributed by atoms with E-state index in [9.17, 15) is 14.4 Å². The minimum atomic E-state index is -0.861. The Bertz CT molecular complexity index is 562. The van der Waals surface area contributed by atoms with E-state index in [1.165, 1.54) is 6.92 Å². The predicted octanol–water partition coefficient (Wildman–Crippen LogP) is 0.432. The lowest BCUT2D eigenvalue weighted by atomic mass is 10.0. The molecule has 0 radical (unpaired) electrons. The van der Waals surface area contributed by atoms with Crippen molar-refractivity contribution < 1.29 is 19.1 Å². The molecule has 8 heteroatoms. The highest BCUT2D eigenvalue weighted by molar-refractivity contribution is 5.90. The van der Waals surface area contributed by atoms with Crippen molar-refractivity contribution in [3.63, 3.8) is 0 Å². The first kappa shape index (κ1) is 19.4. The normalized spacial score (nSPS) is 12.9. The van der Waals surface area contributed by atoms with Crippen LogP contribution in [0.2, 0.25) is 0 Å². The summed E-state index contributed by atoms with van der Waals surface area (Å²) in [6, 6.07) is 7.53. The first-order valence-corrected chi connectivity index (χ1v) is 7.63. The number of carbonyl (C=O) groups is 3. The molecule has 0 unspecified atom stereocenters. The number of nitrogens with two attached hydrogens (primary N) is 1. The molecule has 0 aliphatic heterocycles. The fourth-order valence-corrected chi connectivity index (χ4v) is 1.91. The number of hydrogen-bond acceptors (Lipinski definition) is 5. The van der Waals surface area contributed by atoms with Crippen LogP contribution in [-0.2, 0) is 20.9 Å². The van der Waals surface area contributed by atoms with Gasteiger partial charge in [0.1, 0.15) is 18.7 Å². The van der Waals surface area contributed by atoms with E-state index in [0.717, 1.165) is 5.56 Å². The van der Waals surface area contributed by atoms with Gasteiger partial charge in [-0.3, -0.25) is 15.0 Å². The third kappa shape index (κ3) is 6.25. The van der Waals surface area contributed by atoms with Crippen LogP contribution in [-0.4, -0.2) is 30.0 Å². The van der Waals surface area contributed by atoms with Crippen molar-refractivity contribution in [3.05, 3.63) is 35.9 Å². The highest BCUT2D eigenvalue weighted by Gasteiger charge is 2.26. The summed E-state index contributed by atoms with van der Waals surface area (Å²) >= 11 is 0. The van der Waals surface area contributed by atoms with Crippen molar-refractivity contribution in [2.24, 2.45) is 11.8 Å². The summed E-state index contributed by atoms with van der Waals surface area (Å²) in [5.74, 6) is 3.93. The Balaban J connectivity index is 2.47. The average Bonchev–Trinajstić information content (AvgIpc) is 2.57. The number of amides is 3. The number of benzene rings is 1. The molecule has 0 bridgehead atoms. The Hall–Kier alpha value is -2.61. The van der Waals surface area contributed by atoms with Crippen LogP contribution in [0.1, 0.15) is 26.3 Å². The number of rotatable bonds is 7. The first-order valence-electron chi connectivity index (χ1n) is 7.63. The van der Waals surface area contributed by atoms with E-state index >= 15 is 0 Å². The third-order valence-electron chi connectivity index (χ3n) is 3.33. The van der Waals surface area contributed by atoms with Crippen LogP contribution in [0.5, 0.6) is 0 Å². The Morgan fingerprint density at radius 2 is 1.67 bits per heavy atom. The smallest absolute Gasteiger partial charge is 0.408 e. The molecule has 132 valence electrons. The summed E-state index contributed by atoms with van der Waals surface area (Å²) < 4.78 is 5.04. The molecule has 0 heterocycles. The van der Waals surface area contributed by atoms with E-state index in [2.05, 4.69) is 10.6 Å². The molecule has 0 aliphatic rings. The summed E-state index contributed by atoms with van der Waals surface area (Å²) in [5.41, 5.74) is 2.84. The monoisotopic (exact) mass is 336 g/mol. The van der Waals surface area contributed by atoms with E-state index in [1.54, 1.807) is 13.8 Å². The molecule has 0 saturated heterocycles. The van der Waals surface area contributed by atoms with Crippen molar-refractivity contribution in [2.45, 2.75) is 39.5 Å². The fraction of sp³-hybridized carbons (Fsp3) is 0.438. The van der Waals surface area contributed by atoms with Crippen molar-refractivity contribution in [3.8, 4) is 0 Å². The zero-order chi connectivity index (χ0) is 18.1. The number of hydrogen-bond donors (Lipinski definition) is 4. The molecule has 8 nitrogen and oxygen atoms in total. The van der Waals surface area contributed by atoms with Crippen LogP contribution < -0.4 is 21.9 Å². The van der Waals surface area contributed by atoms with E-state index in [-0.39, 0.29) is 12.5 Å². The molecule has 1 aromatic rings. The molecule has 0 aromatic heterocycles. The van der Waals surface area contributed by atoms with Gasteiger partial charge in [-0.05, 0) is 18.4 Å². The predicted molar refractivity (Wildman–Crippen MR) is 88.3 cm³/mol. The molecule has 1 rings (SSSR count). The average molecular weight is 336 g/mol. The van der Waals surface area contributed by atoms with Crippen LogP contribution in [0.25, 0.3) is 0 Å². The Labute approximate surface area is 141 Å². The van der Waals surface area contributed by atoms with Crippen LogP contribution in [0.3, 0.4) is 0 Å². The lowest BCUT2D eigenvalue weighted by molar-refractivity contribution is -0.130. The number of carbonyl (C=O) groups excluding carboxylic acids is 3. The molecular formula is C16H24N4O4. The van der Waals surface area contributed by atoms with Gasteiger partial charge in [-0.15, -0.1) is 0 Å². The standard InChI is InChI=1S/C16H24N4O4/c1-10(2)13(15(22)20-17)19-14(21)11(3)18-16(23)24-9-12-7-5-4-6-8-12/h4-8,10-11,13H,9,17H2,1-3H3,(H,18,23)(H,19,21)(H,20,22)/t11-,13-/m0/s1. The van der Waals surface area contributed by atoms with E-state index in [0.29, 0.717) is 0 Å². The van der Waals surface area contributed by atoms with Crippen LogP contribution in [0.4, 0.5) is 4.79 Å². The molecule has 0 spiro atoms. The molecular weight excluding hydrogens is 312 g/mol. The zero-order valence-electron chi connectivity index (χ0n) is 14.0. The molecule has 2 atom stereocenters. The van der Waals surface area contributed by atoms with Crippen LogP contribution in [0.15, 0.2) is 30.3 Å². The second-order valence-corrected chi connectivity index (χ2v) is 5.67. The van der Waals surface area contributed by atoms with Crippen LogP contribution in [0, 0.1) is 5.92 Å². The summed E-state index contributed by atoms with van der Waals surface area (Å²) in [4.78, 5) is 35.4. The quantitative estimate of drug-likeness (QED) is 0.327. The van der Waals surface area contributed by atoms with E-state index in [1.807, 2.05) is 35.8 Å². The first-order chi connectivity index (χ1) is 11.3.